The van der Waals surface area contributed by atoms with E-state index < -0.39 is 0 Å². The SMILES string of the molecule is O=C(c1cccnc1)N1CCC[C@@H](c2ncc(Cc3ccc(Cl)cc3)o2)C1. The summed E-state index contributed by atoms with van der Waals surface area (Å²) in [6.07, 6.45) is 7.65. The Kier molecular flexibility index (Phi) is 5.21. The molecule has 1 atom stereocenters. The third-order valence-corrected chi connectivity index (χ3v) is 5.08. The lowest BCUT2D eigenvalue weighted by Crippen LogP contribution is -2.39. The Morgan fingerprint density at radius 1 is 1.22 bits per heavy atom. The zero-order valence-electron chi connectivity index (χ0n) is 14.8. The highest BCUT2D eigenvalue weighted by atomic mass is 35.5. The van der Waals surface area contributed by atoms with Crippen molar-refractivity contribution in [3.05, 3.63) is 82.8 Å². The number of rotatable bonds is 4. The van der Waals surface area contributed by atoms with Gasteiger partial charge in [-0.1, -0.05) is 23.7 Å². The predicted octanol–water partition coefficient (Wildman–Crippen LogP) is 4.33. The zero-order valence-corrected chi connectivity index (χ0v) is 15.6. The maximum absolute atomic E-state index is 12.7. The van der Waals surface area contributed by atoms with Gasteiger partial charge in [-0.3, -0.25) is 9.78 Å². The van der Waals surface area contributed by atoms with E-state index in [-0.39, 0.29) is 11.8 Å². The molecule has 6 heteroatoms. The molecule has 0 spiro atoms. The highest BCUT2D eigenvalue weighted by Gasteiger charge is 2.28. The van der Waals surface area contributed by atoms with E-state index in [9.17, 15) is 4.79 Å². The van der Waals surface area contributed by atoms with Crippen molar-refractivity contribution in [2.24, 2.45) is 0 Å². The van der Waals surface area contributed by atoms with Crippen LogP contribution >= 0.6 is 11.6 Å². The number of nitrogens with zero attached hydrogens (tertiary/aromatic N) is 3. The summed E-state index contributed by atoms with van der Waals surface area (Å²) in [5.74, 6) is 1.67. The summed E-state index contributed by atoms with van der Waals surface area (Å²) in [4.78, 5) is 23.1. The molecule has 2 aromatic heterocycles. The van der Waals surface area contributed by atoms with Crippen molar-refractivity contribution >= 4 is 17.5 Å². The molecule has 1 aliphatic rings. The van der Waals surface area contributed by atoms with Crippen molar-refractivity contribution in [1.82, 2.24) is 14.9 Å². The number of aromatic nitrogens is 2. The van der Waals surface area contributed by atoms with E-state index in [0.29, 0.717) is 24.4 Å². The highest BCUT2D eigenvalue weighted by molar-refractivity contribution is 6.30. The molecule has 4 rings (SSSR count). The Hall–Kier alpha value is -2.66. The predicted molar refractivity (Wildman–Crippen MR) is 103 cm³/mol. The molecule has 1 aromatic carbocycles. The van der Waals surface area contributed by atoms with Crippen molar-refractivity contribution < 1.29 is 9.21 Å². The molecule has 138 valence electrons. The second kappa shape index (κ2) is 7.92. The van der Waals surface area contributed by atoms with Gasteiger partial charge in [0.05, 0.1) is 17.7 Å². The molecular formula is C21H20ClN3O2. The first kappa shape index (κ1) is 17.7. The minimum atomic E-state index is 0.0146. The number of hydrogen-bond acceptors (Lipinski definition) is 4. The van der Waals surface area contributed by atoms with Crippen LogP contribution < -0.4 is 0 Å². The van der Waals surface area contributed by atoms with Crippen LogP contribution in [0, 0.1) is 0 Å². The monoisotopic (exact) mass is 381 g/mol. The molecule has 0 radical (unpaired) electrons. The second-order valence-corrected chi connectivity index (χ2v) is 7.24. The summed E-state index contributed by atoms with van der Waals surface area (Å²) in [5.41, 5.74) is 1.74. The van der Waals surface area contributed by atoms with Gasteiger partial charge in [0.2, 0.25) is 0 Å². The molecule has 3 aromatic rings. The summed E-state index contributed by atoms with van der Waals surface area (Å²) in [7, 11) is 0. The summed E-state index contributed by atoms with van der Waals surface area (Å²) >= 11 is 5.93. The van der Waals surface area contributed by atoms with Crippen LogP contribution in [-0.4, -0.2) is 33.9 Å². The lowest BCUT2D eigenvalue weighted by molar-refractivity contribution is 0.0697. The van der Waals surface area contributed by atoms with Crippen LogP contribution in [0.15, 0.2) is 59.4 Å². The Morgan fingerprint density at radius 3 is 2.85 bits per heavy atom. The molecule has 0 aliphatic carbocycles. The fourth-order valence-electron chi connectivity index (χ4n) is 3.43. The van der Waals surface area contributed by atoms with Gasteiger partial charge in [-0.25, -0.2) is 4.98 Å². The molecular weight excluding hydrogens is 362 g/mol. The molecule has 1 saturated heterocycles. The number of likely N-dealkylation sites (tertiary alicyclic amines) is 1. The average molecular weight is 382 g/mol. The van der Waals surface area contributed by atoms with E-state index in [4.69, 9.17) is 16.0 Å². The normalized spacial score (nSPS) is 17.1. The number of halogens is 1. The van der Waals surface area contributed by atoms with Crippen molar-refractivity contribution in [2.75, 3.05) is 13.1 Å². The Balaban J connectivity index is 1.43. The van der Waals surface area contributed by atoms with Crippen molar-refractivity contribution in [2.45, 2.75) is 25.2 Å². The van der Waals surface area contributed by atoms with Crippen molar-refractivity contribution in [1.29, 1.82) is 0 Å². The van der Waals surface area contributed by atoms with Crippen molar-refractivity contribution in [3.63, 3.8) is 0 Å². The quantitative estimate of drug-likeness (QED) is 0.674. The Labute approximate surface area is 163 Å². The summed E-state index contributed by atoms with van der Waals surface area (Å²) < 4.78 is 6.00. The van der Waals surface area contributed by atoms with Crippen LogP contribution in [0.3, 0.4) is 0 Å². The van der Waals surface area contributed by atoms with E-state index in [2.05, 4.69) is 9.97 Å². The van der Waals surface area contributed by atoms with E-state index in [1.807, 2.05) is 29.2 Å². The van der Waals surface area contributed by atoms with Gasteiger partial charge in [-0.2, -0.15) is 0 Å². The van der Waals surface area contributed by atoms with Gasteiger partial charge in [0, 0.05) is 36.9 Å². The standard InChI is InChI=1S/C21H20ClN3O2/c22-18-7-5-15(6-8-18)11-19-13-24-20(27-19)17-4-2-10-25(14-17)21(26)16-3-1-9-23-12-16/h1,3,5-9,12-13,17H,2,4,10-11,14H2/t17-/m1/s1. The number of carbonyl (C=O) groups excluding carboxylic acids is 1. The summed E-state index contributed by atoms with van der Waals surface area (Å²) in [5, 5.41) is 0.720. The minimum absolute atomic E-state index is 0.0146. The smallest absolute Gasteiger partial charge is 0.255 e. The average Bonchev–Trinajstić information content (AvgIpc) is 3.18. The molecule has 1 fully saturated rings. The van der Waals surface area contributed by atoms with E-state index >= 15 is 0 Å². The van der Waals surface area contributed by atoms with Gasteiger partial charge in [-0.05, 0) is 42.7 Å². The molecule has 1 aliphatic heterocycles. The molecule has 3 heterocycles. The Morgan fingerprint density at radius 2 is 2.07 bits per heavy atom. The van der Waals surface area contributed by atoms with Crippen LogP contribution in [0.1, 0.15) is 46.3 Å². The zero-order chi connectivity index (χ0) is 18.6. The maximum Gasteiger partial charge on any atom is 0.255 e. The van der Waals surface area contributed by atoms with Gasteiger partial charge in [-0.15, -0.1) is 0 Å². The molecule has 0 saturated carbocycles. The molecule has 0 unspecified atom stereocenters. The molecule has 5 nitrogen and oxygen atoms in total. The fraction of sp³-hybridized carbons (Fsp3) is 0.286. The van der Waals surface area contributed by atoms with Gasteiger partial charge in [0.1, 0.15) is 5.76 Å². The second-order valence-electron chi connectivity index (χ2n) is 6.80. The van der Waals surface area contributed by atoms with Gasteiger partial charge in [0.25, 0.3) is 5.91 Å². The highest BCUT2D eigenvalue weighted by Crippen LogP contribution is 2.28. The van der Waals surface area contributed by atoms with Gasteiger partial charge in [0.15, 0.2) is 5.89 Å². The third-order valence-electron chi connectivity index (χ3n) is 4.83. The molecule has 0 bridgehead atoms. The Bertz CT molecular complexity index is 909. The first-order valence-electron chi connectivity index (χ1n) is 9.07. The van der Waals surface area contributed by atoms with Crippen LogP contribution in [0.4, 0.5) is 0 Å². The summed E-state index contributed by atoms with van der Waals surface area (Å²) in [6.45, 7) is 1.37. The number of oxazole rings is 1. The first-order valence-corrected chi connectivity index (χ1v) is 9.45. The van der Waals surface area contributed by atoms with Crippen LogP contribution in [0.5, 0.6) is 0 Å². The largest absolute Gasteiger partial charge is 0.445 e. The van der Waals surface area contributed by atoms with Crippen molar-refractivity contribution in [3.8, 4) is 0 Å². The fourth-order valence-corrected chi connectivity index (χ4v) is 3.56. The third kappa shape index (κ3) is 4.19. The maximum atomic E-state index is 12.7. The van der Waals surface area contributed by atoms with Crippen LogP contribution in [0.2, 0.25) is 5.02 Å². The number of benzene rings is 1. The van der Waals surface area contributed by atoms with E-state index in [1.165, 1.54) is 0 Å². The van der Waals surface area contributed by atoms with Crippen LogP contribution in [0.25, 0.3) is 0 Å². The number of pyridine rings is 1. The first-order chi connectivity index (χ1) is 13.2. The number of hydrogen-bond donors (Lipinski definition) is 0. The number of piperidine rings is 1. The lowest BCUT2D eigenvalue weighted by atomic mass is 9.97. The number of amides is 1. The minimum Gasteiger partial charge on any atom is -0.445 e. The molecule has 1 amide bonds. The summed E-state index contributed by atoms with van der Waals surface area (Å²) in [6, 6.07) is 11.3. The van der Waals surface area contributed by atoms with Gasteiger partial charge < -0.3 is 9.32 Å². The van der Waals surface area contributed by atoms with Gasteiger partial charge >= 0.3 is 0 Å². The lowest BCUT2D eigenvalue weighted by Gasteiger charge is -2.31. The number of carbonyl (C=O) groups is 1. The van der Waals surface area contributed by atoms with E-state index in [0.717, 1.165) is 35.7 Å². The topological polar surface area (TPSA) is 59.2 Å². The molecule has 27 heavy (non-hydrogen) atoms. The van der Waals surface area contributed by atoms with E-state index in [1.54, 1.807) is 30.7 Å². The molecule has 0 N–H and O–H groups in total. The van der Waals surface area contributed by atoms with Crippen LogP contribution in [-0.2, 0) is 6.42 Å².